The Morgan fingerprint density at radius 1 is 1.00 bits per heavy atom. The summed E-state index contributed by atoms with van der Waals surface area (Å²) in [6.45, 7) is 1.90. The van der Waals surface area contributed by atoms with Crippen molar-refractivity contribution in [3.8, 4) is 0 Å². The summed E-state index contributed by atoms with van der Waals surface area (Å²) in [5.74, 6) is 0. The van der Waals surface area contributed by atoms with Crippen molar-refractivity contribution in [2.45, 2.75) is 6.10 Å². The van der Waals surface area contributed by atoms with E-state index in [1.807, 2.05) is 36.4 Å². The normalized spacial score (nSPS) is 19.5. The highest BCUT2D eigenvalue weighted by atomic mass is 35.5. The molecule has 0 saturated carbocycles. The van der Waals surface area contributed by atoms with Crippen LogP contribution in [-0.2, 0) is 9.47 Å². The van der Waals surface area contributed by atoms with E-state index in [1.54, 1.807) is 0 Å². The molecule has 3 heteroatoms. The molecule has 1 aliphatic rings. The molecule has 0 aromatic heterocycles. The molecule has 0 amide bonds. The zero-order valence-corrected chi connectivity index (χ0v) is 12.4. The van der Waals surface area contributed by atoms with E-state index in [9.17, 15) is 0 Å². The fraction of sp³-hybridized carbons (Fsp3) is 0.222. The van der Waals surface area contributed by atoms with Gasteiger partial charge in [0.2, 0.25) is 0 Å². The van der Waals surface area contributed by atoms with Gasteiger partial charge in [0.05, 0.1) is 25.9 Å². The highest BCUT2D eigenvalue weighted by Gasteiger charge is 2.14. The number of hydrogen-bond donors (Lipinski definition) is 0. The fourth-order valence-electron chi connectivity index (χ4n) is 2.42. The van der Waals surface area contributed by atoms with Gasteiger partial charge in [0, 0.05) is 5.02 Å². The first-order valence-electron chi connectivity index (χ1n) is 7.05. The summed E-state index contributed by atoms with van der Waals surface area (Å²) >= 11 is 6.14. The third-order valence-corrected chi connectivity index (χ3v) is 3.65. The maximum atomic E-state index is 6.14. The number of halogens is 1. The molecule has 2 nitrogen and oxygen atoms in total. The van der Waals surface area contributed by atoms with Gasteiger partial charge in [-0.1, -0.05) is 54.1 Å². The van der Waals surface area contributed by atoms with Gasteiger partial charge in [-0.25, -0.2) is 0 Å². The maximum Gasteiger partial charge on any atom is 0.0999 e. The predicted octanol–water partition coefficient (Wildman–Crippen LogP) is 4.19. The molecule has 1 saturated heterocycles. The Kier molecular flexibility index (Phi) is 4.71. The van der Waals surface area contributed by atoms with Crippen LogP contribution >= 0.6 is 11.6 Å². The Morgan fingerprint density at radius 2 is 1.81 bits per heavy atom. The minimum Gasteiger partial charge on any atom is -0.376 e. The lowest BCUT2D eigenvalue weighted by atomic mass is 9.96. The van der Waals surface area contributed by atoms with Crippen LogP contribution < -0.4 is 0 Å². The summed E-state index contributed by atoms with van der Waals surface area (Å²) in [6.07, 6.45) is 2.10. The van der Waals surface area contributed by atoms with E-state index in [-0.39, 0.29) is 6.10 Å². The molecular weight excluding hydrogens is 284 g/mol. The molecule has 21 heavy (non-hydrogen) atoms. The molecule has 1 unspecified atom stereocenters. The SMILES string of the molecule is Clc1cccc(/C(=C\C2COCCO2)c2ccccc2)c1. The van der Waals surface area contributed by atoms with Crippen molar-refractivity contribution < 1.29 is 9.47 Å². The molecule has 0 aliphatic carbocycles. The van der Waals surface area contributed by atoms with Crippen molar-refractivity contribution in [2.24, 2.45) is 0 Å². The van der Waals surface area contributed by atoms with E-state index >= 15 is 0 Å². The number of ether oxygens (including phenoxy) is 2. The number of rotatable bonds is 3. The van der Waals surface area contributed by atoms with Crippen LogP contribution in [0.15, 0.2) is 60.7 Å². The molecule has 0 N–H and O–H groups in total. The quantitative estimate of drug-likeness (QED) is 0.846. The maximum absolute atomic E-state index is 6.14. The summed E-state index contributed by atoms with van der Waals surface area (Å²) in [4.78, 5) is 0. The van der Waals surface area contributed by atoms with Gasteiger partial charge in [-0.3, -0.25) is 0 Å². The Bertz CT molecular complexity index is 616. The van der Waals surface area contributed by atoms with Crippen molar-refractivity contribution in [3.63, 3.8) is 0 Å². The molecule has 2 aromatic carbocycles. The van der Waals surface area contributed by atoms with Gasteiger partial charge in [0.25, 0.3) is 0 Å². The van der Waals surface area contributed by atoms with Crippen LogP contribution in [0.4, 0.5) is 0 Å². The van der Waals surface area contributed by atoms with Crippen molar-refractivity contribution in [1.29, 1.82) is 0 Å². The van der Waals surface area contributed by atoms with Gasteiger partial charge < -0.3 is 9.47 Å². The van der Waals surface area contributed by atoms with Crippen LogP contribution in [-0.4, -0.2) is 25.9 Å². The second-order valence-corrected chi connectivity index (χ2v) is 5.38. The molecule has 1 heterocycles. The molecule has 0 spiro atoms. The van der Waals surface area contributed by atoms with Crippen molar-refractivity contribution in [2.75, 3.05) is 19.8 Å². The van der Waals surface area contributed by atoms with Crippen LogP contribution in [0.3, 0.4) is 0 Å². The topological polar surface area (TPSA) is 18.5 Å². The Labute approximate surface area is 130 Å². The van der Waals surface area contributed by atoms with Gasteiger partial charge in [-0.15, -0.1) is 0 Å². The third-order valence-electron chi connectivity index (χ3n) is 3.41. The first-order valence-corrected chi connectivity index (χ1v) is 7.43. The molecule has 2 aromatic rings. The summed E-state index contributed by atoms with van der Waals surface area (Å²) in [5.41, 5.74) is 3.35. The predicted molar refractivity (Wildman–Crippen MR) is 85.5 cm³/mol. The van der Waals surface area contributed by atoms with Crippen molar-refractivity contribution in [1.82, 2.24) is 0 Å². The molecule has 1 atom stereocenters. The minimum absolute atomic E-state index is 0.0204. The molecule has 1 aliphatic heterocycles. The Balaban J connectivity index is 2.00. The van der Waals surface area contributed by atoms with Gasteiger partial charge in [-0.2, -0.15) is 0 Å². The smallest absolute Gasteiger partial charge is 0.0999 e. The molecule has 1 fully saturated rings. The average Bonchev–Trinajstić information content (AvgIpc) is 2.54. The Hall–Kier alpha value is -1.61. The van der Waals surface area contributed by atoms with Crippen LogP contribution in [0, 0.1) is 0 Å². The molecule has 3 rings (SSSR count). The first kappa shape index (κ1) is 14.3. The van der Waals surface area contributed by atoms with Gasteiger partial charge in [-0.05, 0) is 34.9 Å². The van der Waals surface area contributed by atoms with Crippen LogP contribution in [0.1, 0.15) is 11.1 Å². The molecule has 0 bridgehead atoms. The van der Waals surface area contributed by atoms with E-state index in [0.29, 0.717) is 19.8 Å². The summed E-state index contributed by atoms with van der Waals surface area (Å²) in [5, 5.41) is 0.732. The van der Waals surface area contributed by atoms with Gasteiger partial charge in [0.15, 0.2) is 0 Å². The van der Waals surface area contributed by atoms with Gasteiger partial charge in [0.1, 0.15) is 0 Å². The van der Waals surface area contributed by atoms with Crippen molar-refractivity contribution in [3.05, 3.63) is 76.8 Å². The van der Waals surface area contributed by atoms with E-state index < -0.39 is 0 Å². The lowest BCUT2D eigenvalue weighted by Crippen LogP contribution is -2.27. The van der Waals surface area contributed by atoms with Gasteiger partial charge >= 0.3 is 0 Å². The summed E-state index contributed by atoms with van der Waals surface area (Å²) < 4.78 is 11.2. The van der Waals surface area contributed by atoms with E-state index in [1.165, 1.54) is 0 Å². The van der Waals surface area contributed by atoms with E-state index in [2.05, 4.69) is 24.3 Å². The van der Waals surface area contributed by atoms with Crippen LogP contribution in [0.5, 0.6) is 0 Å². The lowest BCUT2D eigenvalue weighted by molar-refractivity contribution is -0.0673. The molecule has 0 radical (unpaired) electrons. The highest BCUT2D eigenvalue weighted by molar-refractivity contribution is 6.30. The lowest BCUT2D eigenvalue weighted by Gasteiger charge is -2.21. The molecule has 108 valence electrons. The molecular formula is C18H17ClO2. The van der Waals surface area contributed by atoms with Crippen LogP contribution in [0.2, 0.25) is 5.02 Å². The average molecular weight is 301 g/mol. The van der Waals surface area contributed by atoms with E-state index in [0.717, 1.165) is 21.7 Å². The van der Waals surface area contributed by atoms with Crippen molar-refractivity contribution >= 4 is 17.2 Å². The summed E-state index contributed by atoms with van der Waals surface area (Å²) in [6, 6.07) is 18.2. The monoisotopic (exact) mass is 300 g/mol. The number of hydrogen-bond acceptors (Lipinski definition) is 2. The highest BCUT2D eigenvalue weighted by Crippen LogP contribution is 2.26. The second kappa shape index (κ2) is 6.90. The second-order valence-electron chi connectivity index (χ2n) is 4.94. The summed E-state index contributed by atoms with van der Waals surface area (Å²) in [7, 11) is 0. The zero-order chi connectivity index (χ0) is 14.5. The largest absolute Gasteiger partial charge is 0.376 e. The first-order chi connectivity index (χ1) is 10.3. The van der Waals surface area contributed by atoms with Crippen LogP contribution in [0.25, 0.3) is 5.57 Å². The standard InChI is InChI=1S/C18H17ClO2/c19-16-8-4-7-15(11-16)18(14-5-2-1-3-6-14)12-17-13-20-9-10-21-17/h1-8,11-12,17H,9-10,13H2/b18-12-. The Morgan fingerprint density at radius 3 is 2.52 bits per heavy atom. The third kappa shape index (κ3) is 3.73. The minimum atomic E-state index is -0.0204. The zero-order valence-electron chi connectivity index (χ0n) is 11.7. The number of benzene rings is 2. The van der Waals surface area contributed by atoms with E-state index in [4.69, 9.17) is 21.1 Å². The fourth-order valence-corrected chi connectivity index (χ4v) is 2.61.